The average Bonchev–Trinajstić information content (AvgIpc) is 3.36. The van der Waals surface area contributed by atoms with E-state index in [-0.39, 0.29) is 35.5 Å². The number of ether oxygens (including phenoxy) is 1. The minimum absolute atomic E-state index is 0.0409. The predicted molar refractivity (Wildman–Crippen MR) is 116 cm³/mol. The second kappa shape index (κ2) is 9.01. The number of benzene rings is 1. The van der Waals surface area contributed by atoms with E-state index in [9.17, 15) is 14.0 Å². The molecule has 0 bridgehead atoms. The summed E-state index contributed by atoms with van der Waals surface area (Å²) in [5.41, 5.74) is 2.33. The highest BCUT2D eigenvalue weighted by Crippen LogP contribution is 2.29. The molecule has 0 spiro atoms. The largest absolute Gasteiger partial charge is 0.373 e. The van der Waals surface area contributed by atoms with Gasteiger partial charge in [-0.15, -0.1) is 0 Å². The van der Waals surface area contributed by atoms with Crippen LogP contribution in [0.3, 0.4) is 0 Å². The first-order valence-corrected chi connectivity index (χ1v) is 11.2. The summed E-state index contributed by atoms with van der Waals surface area (Å²) in [5.74, 6) is -0.760. The number of hydrogen-bond acceptors (Lipinski definition) is 3. The molecule has 1 aromatic carbocycles. The summed E-state index contributed by atoms with van der Waals surface area (Å²) in [7, 11) is 0. The van der Waals surface area contributed by atoms with Crippen molar-refractivity contribution in [1.82, 2.24) is 14.8 Å². The number of hydrogen-bond donors (Lipinski definition) is 1. The van der Waals surface area contributed by atoms with Gasteiger partial charge in [-0.05, 0) is 49.9 Å². The zero-order chi connectivity index (χ0) is 22.1. The molecule has 1 saturated heterocycles. The van der Waals surface area contributed by atoms with Gasteiger partial charge in [-0.25, -0.2) is 4.39 Å². The number of halogens is 2. The van der Waals surface area contributed by atoms with Crippen LogP contribution in [0, 0.1) is 5.82 Å². The van der Waals surface area contributed by atoms with E-state index >= 15 is 0 Å². The van der Waals surface area contributed by atoms with Crippen molar-refractivity contribution >= 4 is 23.4 Å². The number of rotatable bonds is 5. The first kappa shape index (κ1) is 21.8. The molecule has 0 saturated carbocycles. The molecule has 4 rings (SSSR count). The standard InChI is InChI=1S/C23H27ClFN3O3/c1-3-19(16-7-6-15(25)11-18(16)24)26-22(29)17-12-20(28-9-10-31-13-21(17)28)23(30)27-8-4-5-14(27)2/h6-7,11-12,14,19H,3-5,8-10,13H2,1-2H3,(H,26,29)/t14?,19-/m1/s1. The third-order valence-corrected chi connectivity index (χ3v) is 6.56. The van der Waals surface area contributed by atoms with Crippen LogP contribution in [0.5, 0.6) is 0 Å². The maximum Gasteiger partial charge on any atom is 0.270 e. The van der Waals surface area contributed by atoms with Crippen molar-refractivity contribution in [2.45, 2.75) is 58.3 Å². The van der Waals surface area contributed by atoms with Crippen LogP contribution in [-0.2, 0) is 17.9 Å². The van der Waals surface area contributed by atoms with Crippen LogP contribution in [-0.4, -0.2) is 40.5 Å². The molecular formula is C23H27ClFN3O3. The maximum atomic E-state index is 13.4. The molecule has 1 unspecified atom stereocenters. The summed E-state index contributed by atoms with van der Waals surface area (Å²) in [4.78, 5) is 28.3. The normalized spacial score (nSPS) is 19.2. The van der Waals surface area contributed by atoms with Crippen molar-refractivity contribution in [2.24, 2.45) is 0 Å². The lowest BCUT2D eigenvalue weighted by molar-refractivity contribution is 0.0683. The zero-order valence-electron chi connectivity index (χ0n) is 17.8. The Bertz CT molecular complexity index is 1010. The summed E-state index contributed by atoms with van der Waals surface area (Å²) >= 11 is 6.21. The average molecular weight is 448 g/mol. The lowest BCUT2D eigenvalue weighted by Crippen LogP contribution is -2.35. The van der Waals surface area contributed by atoms with Crippen molar-refractivity contribution in [3.63, 3.8) is 0 Å². The lowest BCUT2D eigenvalue weighted by atomic mass is 10.0. The molecule has 2 aliphatic heterocycles. The SMILES string of the molecule is CC[C@@H](NC(=O)c1cc(C(=O)N2CCCC2C)n2c1COCC2)c1ccc(F)cc1Cl. The Labute approximate surface area is 186 Å². The third-order valence-electron chi connectivity index (χ3n) is 6.24. The number of fused-ring (bicyclic) bond motifs is 1. The number of nitrogens with zero attached hydrogens (tertiary/aromatic N) is 2. The second-order valence-corrected chi connectivity index (χ2v) is 8.59. The van der Waals surface area contributed by atoms with Crippen molar-refractivity contribution in [3.8, 4) is 0 Å². The summed E-state index contributed by atoms with van der Waals surface area (Å²) < 4.78 is 20.9. The minimum atomic E-state index is -0.423. The minimum Gasteiger partial charge on any atom is -0.373 e. The quantitative estimate of drug-likeness (QED) is 0.742. The molecule has 1 N–H and O–H groups in total. The number of likely N-dealkylation sites (tertiary alicyclic amines) is 1. The summed E-state index contributed by atoms with van der Waals surface area (Å²) in [6, 6.07) is 5.67. The third kappa shape index (κ3) is 4.21. The van der Waals surface area contributed by atoms with E-state index < -0.39 is 5.82 Å². The van der Waals surface area contributed by atoms with Crippen molar-refractivity contribution in [2.75, 3.05) is 13.2 Å². The van der Waals surface area contributed by atoms with E-state index in [0.29, 0.717) is 42.1 Å². The van der Waals surface area contributed by atoms with Gasteiger partial charge in [0.25, 0.3) is 11.8 Å². The number of aromatic nitrogens is 1. The van der Waals surface area contributed by atoms with E-state index in [1.165, 1.54) is 12.1 Å². The van der Waals surface area contributed by atoms with Gasteiger partial charge in [0.1, 0.15) is 11.5 Å². The van der Waals surface area contributed by atoms with Crippen LogP contribution in [0.25, 0.3) is 0 Å². The van der Waals surface area contributed by atoms with Crippen LogP contribution >= 0.6 is 11.6 Å². The molecule has 2 amide bonds. The smallest absolute Gasteiger partial charge is 0.270 e. The van der Waals surface area contributed by atoms with Crippen LogP contribution in [0.4, 0.5) is 4.39 Å². The van der Waals surface area contributed by atoms with Crippen LogP contribution in [0.2, 0.25) is 5.02 Å². The molecule has 166 valence electrons. The van der Waals surface area contributed by atoms with E-state index in [0.717, 1.165) is 19.4 Å². The molecule has 2 atom stereocenters. The van der Waals surface area contributed by atoms with Gasteiger partial charge in [0.05, 0.1) is 30.5 Å². The Morgan fingerprint density at radius 2 is 2.13 bits per heavy atom. The van der Waals surface area contributed by atoms with Gasteiger partial charge in [-0.2, -0.15) is 0 Å². The molecule has 3 heterocycles. The predicted octanol–water partition coefficient (Wildman–Crippen LogP) is 4.32. The molecule has 31 heavy (non-hydrogen) atoms. The number of carbonyl (C=O) groups excluding carboxylic acids is 2. The van der Waals surface area contributed by atoms with Gasteiger partial charge in [-0.1, -0.05) is 24.6 Å². The van der Waals surface area contributed by atoms with Gasteiger partial charge in [0.15, 0.2) is 0 Å². The highest BCUT2D eigenvalue weighted by Gasteiger charge is 2.32. The van der Waals surface area contributed by atoms with E-state index in [4.69, 9.17) is 16.3 Å². The summed E-state index contributed by atoms with van der Waals surface area (Å²) in [5, 5.41) is 3.27. The lowest BCUT2D eigenvalue weighted by Gasteiger charge is -2.24. The fourth-order valence-corrected chi connectivity index (χ4v) is 4.80. The van der Waals surface area contributed by atoms with Gasteiger partial charge >= 0.3 is 0 Å². The molecule has 1 fully saturated rings. The van der Waals surface area contributed by atoms with Crippen molar-refractivity contribution in [3.05, 3.63) is 57.6 Å². The topological polar surface area (TPSA) is 63.6 Å². The van der Waals surface area contributed by atoms with Gasteiger partial charge in [0, 0.05) is 24.2 Å². The van der Waals surface area contributed by atoms with E-state index in [2.05, 4.69) is 12.2 Å². The molecule has 8 heteroatoms. The Balaban J connectivity index is 1.63. The monoisotopic (exact) mass is 447 g/mol. The van der Waals surface area contributed by atoms with E-state index in [1.807, 2.05) is 16.4 Å². The van der Waals surface area contributed by atoms with Gasteiger partial charge in [0.2, 0.25) is 0 Å². The van der Waals surface area contributed by atoms with Crippen molar-refractivity contribution < 1.29 is 18.7 Å². The van der Waals surface area contributed by atoms with Crippen LogP contribution in [0.1, 0.15) is 71.3 Å². The Hall–Kier alpha value is -2.38. The molecule has 2 aliphatic rings. The number of nitrogens with one attached hydrogen (secondary N) is 1. The second-order valence-electron chi connectivity index (χ2n) is 8.18. The fraction of sp³-hybridized carbons (Fsp3) is 0.478. The van der Waals surface area contributed by atoms with Gasteiger partial charge in [-0.3, -0.25) is 9.59 Å². The van der Waals surface area contributed by atoms with E-state index in [1.54, 1.807) is 12.1 Å². The van der Waals surface area contributed by atoms with Crippen LogP contribution < -0.4 is 5.32 Å². The number of carbonyl (C=O) groups is 2. The molecule has 1 aromatic heterocycles. The maximum absolute atomic E-state index is 13.4. The number of amides is 2. The molecule has 2 aromatic rings. The molecule has 0 aliphatic carbocycles. The Morgan fingerprint density at radius 3 is 2.81 bits per heavy atom. The fourth-order valence-electron chi connectivity index (χ4n) is 4.50. The van der Waals surface area contributed by atoms with Crippen LogP contribution in [0.15, 0.2) is 24.3 Å². The molecular weight excluding hydrogens is 421 g/mol. The summed E-state index contributed by atoms with van der Waals surface area (Å²) in [6.45, 7) is 6.03. The highest BCUT2D eigenvalue weighted by molar-refractivity contribution is 6.31. The Kier molecular flexibility index (Phi) is 6.34. The van der Waals surface area contributed by atoms with Gasteiger partial charge < -0.3 is 19.5 Å². The Morgan fingerprint density at radius 1 is 1.32 bits per heavy atom. The first-order valence-electron chi connectivity index (χ1n) is 10.8. The molecule has 0 radical (unpaired) electrons. The zero-order valence-corrected chi connectivity index (χ0v) is 18.5. The van der Waals surface area contributed by atoms with Crippen molar-refractivity contribution in [1.29, 1.82) is 0 Å². The first-order chi connectivity index (χ1) is 14.9. The summed E-state index contributed by atoms with van der Waals surface area (Å²) in [6.07, 6.45) is 2.57. The molecule has 6 nitrogen and oxygen atoms in total. The highest BCUT2D eigenvalue weighted by atomic mass is 35.5.